The van der Waals surface area contributed by atoms with E-state index < -0.39 is 0 Å². The van der Waals surface area contributed by atoms with E-state index in [9.17, 15) is 4.79 Å². The molecule has 0 fully saturated rings. The van der Waals surface area contributed by atoms with Crippen molar-refractivity contribution in [3.8, 4) is 0 Å². The number of carbonyl (C=O) groups excluding carboxylic acids is 1. The minimum atomic E-state index is 1.05. The van der Waals surface area contributed by atoms with E-state index in [1.807, 2.05) is 30.3 Å². The molecule has 0 aliphatic heterocycles. The van der Waals surface area contributed by atoms with Crippen LogP contribution in [0.5, 0.6) is 0 Å². The zero-order valence-electron chi connectivity index (χ0n) is 8.05. The number of rotatable bonds is 2. The van der Waals surface area contributed by atoms with Gasteiger partial charge in [-0.05, 0) is 22.4 Å². The highest BCUT2D eigenvalue weighted by Gasteiger charge is 1.95. The fourth-order valence-corrected chi connectivity index (χ4v) is 1.54. The number of nitrogens with zero attached hydrogens (tertiary/aromatic N) is 1. The van der Waals surface area contributed by atoms with Gasteiger partial charge in [0.25, 0.3) is 0 Å². The first-order chi connectivity index (χ1) is 7.42. The highest BCUT2D eigenvalue weighted by molar-refractivity contribution is 5.90. The van der Waals surface area contributed by atoms with Crippen LogP contribution in [0.1, 0.15) is 5.56 Å². The number of hydrogen-bond donors (Lipinski definition) is 0. The fraction of sp³-hybridized carbons (Fsp3) is 0. The van der Waals surface area contributed by atoms with Crippen molar-refractivity contribution < 1.29 is 4.79 Å². The molecule has 0 atom stereocenters. The van der Waals surface area contributed by atoms with Gasteiger partial charge in [-0.2, -0.15) is 4.99 Å². The molecule has 0 unspecified atom stereocenters. The van der Waals surface area contributed by atoms with Crippen molar-refractivity contribution in [3.05, 3.63) is 54.2 Å². The van der Waals surface area contributed by atoms with E-state index in [0.29, 0.717) is 0 Å². The van der Waals surface area contributed by atoms with Crippen LogP contribution in [0.3, 0.4) is 0 Å². The summed E-state index contributed by atoms with van der Waals surface area (Å²) in [6.45, 7) is 0. The van der Waals surface area contributed by atoms with E-state index in [4.69, 9.17) is 0 Å². The molecule has 0 bridgehead atoms. The van der Waals surface area contributed by atoms with Gasteiger partial charge in [-0.3, -0.25) is 0 Å². The number of aliphatic imine (C=N–C) groups is 1. The average Bonchev–Trinajstić information content (AvgIpc) is 2.30. The maximum absolute atomic E-state index is 9.92. The largest absolute Gasteiger partial charge is 0.239 e. The molecule has 0 saturated carbocycles. The van der Waals surface area contributed by atoms with Crippen LogP contribution in [0.2, 0.25) is 0 Å². The van der Waals surface area contributed by atoms with Crippen molar-refractivity contribution in [2.75, 3.05) is 0 Å². The van der Waals surface area contributed by atoms with Crippen LogP contribution >= 0.6 is 0 Å². The Morgan fingerprint density at radius 3 is 2.73 bits per heavy atom. The SMILES string of the molecule is O=C=N/C=C/c1cccc2ccccc12. The van der Waals surface area contributed by atoms with E-state index in [2.05, 4.69) is 17.1 Å². The summed E-state index contributed by atoms with van der Waals surface area (Å²) in [5, 5.41) is 2.33. The van der Waals surface area contributed by atoms with Crippen LogP contribution in [0.15, 0.2) is 53.7 Å². The van der Waals surface area contributed by atoms with Crippen LogP contribution in [0, 0.1) is 0 Å². The third-order valence-corrected chi connectivity index (χ3v) is 2.20. The van der Waals surface area contributed by atoms with Crippen molar-refractivity contribution >= 4 is 22.9 Å². The predicted octanol–water partition coefficient (Wildman–Crippen LogP) is 3.15. The fourth-order valence-electron chi connectivity index (χ4n) is 1.54. The molecule has 0 aliphatic carbocycles. The van der Waals surface area contributed by atoms with Gasteiger partial charge in [0, 0.05) is 6.20 Å². The molecule has 0 saturated heterocycles. The molecule has 2 rings (SSSR count). The summed E-state index contributed by atoms with van der Waals surface area (Å²) in [7, 11) is 0. The third kappa shape index (κ3) is 2.01. The van der Waals surface area contributed by atoms with Crippen molar-refractivity contribution in [3.63, 3.8) is 0 Å². The normalized spacial score (nSPS) is 10.4. The Morgan fingerprint density at radius 1 is 1.07 bits per heavy atom. The highest BCUT2D eigenvalue weighted by Crippen LogP contribution is 2.19. The van der Waals surface area contributed by atoms with Crippen LogP contribution in [-0.2, 0) is 4.79 Å². The lowest BCUT2D eigenvalue weighted by molar-refractivity contribution is 0.565. The minimum Gasteiger partial charge on any atom is -0.211 e. The molecule has 15 heavy (non-hydrogen) atoms. The maximum Gasteiger partial charge on any atom is 0.239 e. The Bertz CT molecular complexity index is 546. The van der Waals surface area contributed by atoms with E-state index in [0.717, 1.165) is 10.9 Å². The second-order valence-electron chi connectivity index (χ2n) is 3.10. The predicted molar refractivity (Wildman–Crippen MR) is 61.1 cm³/mol. The molecular formula is C13H9NO. The Hall–Kier alpha value is -2.18. The van der Waals surface area contributed by atoms with E-state index in [-0.39, 0.29) is 0 Å². The van der Waals surface area contributed by atoms with Crippen molar-refractivity contribution in [1.29, 1.82) is 0 Å². The van der Waals surface area contributed by atoms with Crippen LogP contribution in [0.4, 0.5) is 0 Å². The molecule has 0 aromatic heterocycles. The van der Waals surface area contributed by atoms with Crippen LogP contribution in [-0.4, -0.2) is 6.08 Å². The average molecular weight is 195 g/mol. The first kappa shape index (κ1) is 9.38. The minimum absolute atomic E-state index is 1.05. The molecule has 72 valence electrons. The highest BCUT2D eigenvalue weighted by atomic mass is 16.1. The molecule has 2 heteroatoms. The summed E-state index contributed by atoms with van der Waals surface area (Å²) in [4.78, 5) is 13.3. The van der Waals surface area contributed by atoms with Crippen LogP contribution in [0.25, 0.3) is 16.8 Å². The molecule has 2 aromatic carbocycles. The lowest BCUT2D eigenvalue weighted by atomic mass is 10.0. The van der Waals surface area contributed by atoms with Gasteiger partial charge in [0.15, 0.2) is 0 Å². The van der Waals surface area contributed by atoms with Gasteiger partial charge < -0.3 is 0 Å². The Kier molecular flexibility index (Phi) is 2.72. The Labute approximate surface area is 87.6 Å². The number of benzene rings is 2. The summed E-state index contributed by atoms with van der Waals surface area (Å²) in [6.07, 6.45) is 4.73. The summed E-state index contributed by atoms with van der Waals surface area (Å²) in [5.41, 5.74) is 1.05. The first-order valence-corrected chi connectivity index (χ1v) is 4.63. The number of isocyanates is 1. The molecule has 0 N–H and O–H groups in total. The molecule has 0 heterocycles. The lowest BCUT2D eigenvalue weighted by Crippen LogP contribution is -1.76. The van der Waals surface area contributed by atoms with Gasteiger partial charge in [-0.25, -0.2) is 4.79 Å². The number of hydrogen-bond acceptors (Lipinski definition) is 2. The molecule has 2 nitrogen and oxygen atoms in total. The van der Waals surface area contributed by atoms with Gasteiger partial charge in [-0.1, -0.05) is 42.5 Å². The Balaban J connectivity index is 2.55. The summed E-state index contributed by atoms with van der Waals surface area (Å²) in [5.74, 6) is 0. The van der Waals surface area contributed by atoms with Crippen molar-refractivity contribution in [1.82, 2.24) is 0 Å². The maximum atomic E-state index is 9.92. The smallest absolute Gasteiger partial charge is 0.211 e. The van der Waals surface area contributed by atoms with Gasteiger partial charge in [0.2, 0.25) is 6.08 Å². The molecule has 0 radical (unpaired) electrons. The Morgan fingerprint density at radius 2 is 1.87 bits per heavy atom. The third-order valence-electron chi connectivity index (χ3n) is 2.20. The van der Waals surface area contributed by atoms with Crippen molar-refractivity contribution in [2.24, 2.45) is 4.99 Å². The molecule has 0 spiro atoms. The second kappa shape index (κ2) is 4.36. The van der Waals surface area contributed by atoms with Gasteiger partial charge >= 0.3 is 0 Å². The van der Waals surface area contributed by atoms with E-state index in [1.54, 1.807) is 6.08 Å². The van der Waals surface area contributed by atoms with Gasteiger partial charge in [-0.15, -0.1) is 0 Å². The summed E-state index contributed by atoms with van der Waals surface area (Å²) >= 11 is 0. The standard InChI is InChI=1S/C13H9NO/c15-10-14-9-8-12-6-3-5-11-4-1-2-7-13(11)12/h1-9H/b9-8+. The number of fused-ring (bicyclic) bond motifs is 1. The molecule has 0 aliphatic rings. The monoisotopic (exact) mass is 195 g/mol. The topological polar surface area (TPSA) is 29.4 Å². The molecule has 0 amide bonds. The summed E-state index contributed by atoms with van der Waals surface area (Å²) < 4.78 is 0. The molecular weight excluding hydrogens is 186 g/mol. The second-order valence-corrected chi connectivity index (χ2v) is 3.10. The zero-order valence-corrected chi connectivity index (χ0v) is 8.05. The van der Waals surface area contributed by atoms with Gasteiger partial charge in [0.1, 0.15) is 0 Å². The van der Waals surface area contributed by atoms with Gasteiger partial charge in [0.05, 0.1) is 0 Å². The molecule has 2 aromatic rings. The van der Waals surface area contributed by atoms with E-state index >= 15 is 0 Å². The summed E-state index contributed by atoms with van der Waals surface area (Å²) in [6, 6.07) is 14.1. The van der Waals surface area contributed by atoms with Crippen molar-refractivity contribution in [2.45, 2.75) is 0 Å². The van der Waals surface area contributed by atoms with E-state index in [1.165, 1.54) is 17.7 Å². The lowest BCUT2D eigenvalue weighted by Gasteiger charge is -2.00. The van der Waals surface area contributed by atoms with Crippen LogP contribution < -0.4 is 0 Å². The first-order valence-electron chi connectivity index (χ1n) is 4.63. The zero-order chi connectivity index (χ0) is 10.5. The quantitative estimate of drug-likeness (QED) is 0.534.